The maximum Gasteiger partial charge on any atom is 0.583 e. The number of nitrogens with zero attached hydrogens (tertiary/aromatic N) is 1. The Morgan fingerprint density at radius 3 is 1.68 bits per heavy atom. The predicted molar refractivity (Wildman–Crippen MR) is 61.4 cm³/mol. The Bertz CT molecular complexity index is 248. The molecule has 0 saturated carbocycles. The summed E-state index contributed by atoms with van der Waals surface area (Å²) in [6, 6.07) is 0.720. The molecule has 19 heavy (non-hydrogen) atoms. The number of likely N-dealkylation sites (tertiary alicyclic amines) is 1. The van der Waals surface area contributed by atoms with Crippen molar-refractivity contribution in [2.75, 3.05) is 26.9 Å². The smallest absolute Gasteiger partial charge is 0.443 e. The number of halogens is 6. The third-order valence-electron chi connectivity index (χ3n) is 3.31. The second-order valence-electron chi connectivity index (χ2n) is 5.00. The first-order valence-corrected chi connectivity index (χ1v) is 6.07. The third-order valence-corrected chi connectivity index (χ3v) is 3.31. The largest absolute Gasteiger partial charge is 0.583 e. The van der Waals surface area contributed by atoms with E-state index >= 15 is 0 Å². The summed E-state index contributed by atoms with van der Waals surface area (Å²) in [6.07, 6.45) is -3.25. The van der Waals surface area contributed by atoms with Crippen molar-refractivity contribution in [1.82, 2.24) is 0 Å². The number of methoxy groups -OCH3 is 1. The fourth-order valence-electron chi connectivity index (χ4n) is 2.02. The van der Waals surface area contributed by atoms with Gasteiger partial charge in [-0.05, 0) is 13.8 Å². The highest BCUT2D eigenvalue weighted by atomic mass is 19.4. The van der Waals surface area contributed by atoms with Crippen molar-refractivity contribution in [1.29, 1.82) is 0 Å². The van der Waals surface area contributed by atoms with Gasteiger partial charge in [0.2, 0.25) is 0 Å². The van der Waals surface area contributed by atoms with E-state index in [0.29, 0.717) is 0 Å². The van der Waals surface area contributed by atoms with Crippen LogP contribution in [-0.4, -0.2) is 50.5 Å². The van der Waals surface area contributed by atoms with Crippen LogP contribution in [0.1, 0.15) is 26.7 Å². The monoisotopic (exact) mass is 295 g/mol. The molecule has 1 fully saturated rings. The number of ether oxygens (including phenoxy) is 1. The average Bonchev–Trinajstić information content (AvgIpc) is 2.66. The Morgan fingerprint density at radius 2 is 1.47 bits per heavy atom. The molecule has 0 spiro atoms. The first kappa shape index (κ1) is 18.6. The molecule has 116 valence electrons. The Kier molecular flexibility index (Phi) is 6.67. The number of hydrogen-bond acceptors (Lipinski definition) is 1. The first-order valence-electron chi connectivity index (χ1n) is 6.07. The molecule has 2 nitrogen and oxygen atoms in total. The molecule has 0 amide bonds. The van der Waals surface area contributed by atoms with Crippen LogP contribution in [0.25, 0.3) is 0 Å². The molecule has 0 bridgehead atoms. The minimum Gasteiger partial charge on any atom is -0.443 e. The zero-order valence-electron chi connectivity index (χ0n) is 11.3. The zero-order valence-corrected chi connectivity index (χ0v) is 11.3. The van der Waals surface area contributed by atoms with Crippen molar-refractivity contribution in [3.05, 3.63) is 0 Å². The molecule has 0 aromatic rings. The molecule has 1 heterocycles. The van der Waals surface area contributed by atoms with Gasteiger partial charge in [0, 0.05) is 20.0 Å². The first-order chi connectivity index (χ1) is 8.46. The lowest BCUT2D eigenvalue weighted by molar-refractivity contribution is -0.953. The van der Waals surface area contributed by atoms with Crippen LogP contribution in [0.2, 0.25) is 0 Å². The normalized spacial score (nSPS) is 19.3. The van der Waals surface area contributed by atoms with Crippen LogP contribution in [0.15, 0.2) is 0 Å². The van der Waals surface area contributed by atoms with E-state index in [9.17, 15) is 26.1 Å². The highest BCUT2D eigenvalue weighted by Gasteiger charge is 2.53. The van der Waals surface area contributed by atoms with Crippen LogP contribution >= 0.6 is 0 Å². The van der Waals surface area contributed by atoms with Crippen LogP contribution in [-0.2, 0) is 4.74 Å². The van der Waals surface area contributed by atoms with Gasteiger partial charge in [-0.1, -0.05) is 0 Å². The Hall–Kier alpha value is -0.435. The van der Waals surface area contributed by atoms with Crippen LogP contribution in [0.3, 0.4) is 0 Å². The second-order valence-corrected chi connectivity index (χ2v) is 5.00. The van der Waals surface area contributed by atoms with Crippen LogP contribution in [0, 0.1) is 0 Å². The van der Waals surface area contributed by atoms with Crippen molar-refractivity contribution >= 4 is 6.98 Å². The molecule has 0 aromatic heterocycles. The molecule has 0 atom stereocenters. The number of rotatable bonds is 3. The van der Waals surface area contributed by atoms with E-state index < -0.39 is 13.1 Å². The van der Waals surface area contributed by atoms with E-state index in [4.69, 9.17) is 4.74 Å². The van der Waals surface area contributed by atoms with E-state index in [1.54, 1.807) is 7.11 Å². The average molecular weight is 295 g/mol. The lowest BCUT2D eigenvalue weighted by Gasteiger charge is -2.37. The van der Waals surface area contributed by atoms with Crippen molar-refractivity contribution in [3.63, 3.8) is 0 Å². The SMILES string of the molecule is COC[N+]1(C(C)C)CCCC1.F[B-](F)(F)C(F)(F)F. The summed E-state index contributed by atoms with van der Waals surface area (Å²) in [4.78, 5) is 0. The van der Waals surface area contributed by atoms with E-state index in [2.05, 4.69) is 13.8 Å². The van der Waals surface area contributed by atoms with Gasteiger partial charge in [0.05, 0.1) is 19.1 Å². The maximum atomic E-state index is 10.5. The van der Waals surface area contributed by atoms with Crippen molar-refractivity contribution in [2.24, 2.45) is 0 Å². The van der Waals surface area contributed by atoms with Crippen molar-refractivity contribution < 1.29 is 35.3 Å². The summed E-state index contributed by atoms with van der Waals surface area (Å²) >= 11 is 0. The quantitative estimate of drug-likeness (QED) is 0.439. The number of hydrogen-bond donors (Lipinski definition) is 0. The van der Waals surface area contributed by atoms with Gasteiger partial charge in [-0.2, -0.15) is 0 Å². The van der Waals surface area contributed by atoms with E-state index in [1.165, 1.54) is 30.4 Å². The molecule has 1 aliphatic rings. The fraction of sp³-hybridized carbons (Fsp3) is 1.00. The molecule has 0 unspecified atom stereocenters. The summed E-state index contributed by atoms with van der Waals surface area (Å²) in [5, 5.41) is 0. The van der Waals surface area contributed by atoms with Gasteiger partial charge >= 0.3 is 13.1 Å². The minimum absolute atomic E-state index is 0.720. The molecule has 0 aromatic carbocycles. The molecule has 9 heteroatoms. The third kappa shape index (κ3) is 5.60. The molecule has 0 N–H and O–H groups in total. The Labute approximate surface area is 109 Å². The van der Waals surface area contributed by atoms with Crippen molar-refractivity contribution in [2.45, 2.75) is 38.8 Å². The number of alkyl halides is 3. The Balaban J connectivity index is 0.000000362. The van der Waals surface area contributed by atoms with Gasteiger partial charge in [-0.25, -0.2) is 13.2 Å². The molecule has 0 aliphatic carbocycles. The molecule has 0 radical (unpaired) electrons. The molecule has 1 rings (SSSR count). The lowest BCUT2D eigenvalue weighted by atomic mass is 9.92. The zero-order chi connectivity index (χ0) is 15.3. The highest BCUT2D eigenvalue weighted by Crippen LogP contribution is 2.31. The fourth-order valence-corrected chi connectivity index (χ4v) is 2.02. The van der Waals surface area contributed by atoms with E-state index in [1.807, 2.05) is 0 Å². The van der Waals surface area contributed by atoms with Crippen LogP contribution < -0.4 is 0 Å². The summed E-state index contributed by atoms with van der Waals surface area (Å²) < 4.78 is 69.3. The van der Waals surface area contributed by atoms with Gasteiger partial charge < -0.3 is 17.7 Å². The van der Waals surface area contributed by atoms with Crippen molar-refractivity contribution in [3.8, 4) is 0 Å². The Morgan fingerprint density at radius 1 is 1.11 bits per heavy atom. The molecular weight excluding hydrogens is 275 g/mol. The molecule has 1 saturated heterocycles. The topological polar surface area (TPSA) is 9.23 Å². The minimum atomic E-state index is -6.65. The lowest BCUT2D eigenvalue weighted by Crippen LogP contribution is -2.51. The number of quaternary nitrogens is 1. The summed E-state index contributed by atoms with van der Waals surface area (Å²) in [6.45, 7) is 1.47. The van der Waals surface area contributed by atoms with Gasteiger partial charge in [-0.15, -0.1) is 0 Å². The predicted octanol–water partition coefficient (Wildman–Crippen LogP) is 3.54. The van der Waals surface area contributed by atoms with Crippen LogP contribution in [0.5, 0.6) is 0 Å². The van der Waals surface area contributed by atoms with E-state index in [-0.39, 0.29) is 0 Å². The summed E-state index contributed by atoms with van der Waals surface area (Å²) in [7, 11) is 1.81. The summed E-state index contributed by atoms with van der Waals surface area (Å²) in [5.41, 5.74) is 0. The van der Waals surface area contributed by atoms with E-state index in [0.717, 1.165) is 12.8 Å². The molecule has 1 aliphatic heterocycles. The maximum absolute atomic E-state index is 10.5. The van der Waals surface area contributed by atoms with Gasteiger partial charge in [0.15, 0.2) is 6.73 Å². The highest BCUT2D eigenvalue weighted by molar-refractivity contribution is 6.60. The van der Waals surface area contributed by atoms with Crippen LogP contribution in [0.4, 0.5) is 26.1 Å². The van der Waals surface area contributed by atoms with Gasteiger partial charge in [0.1, 0.15) is 0 Å². The van der Waals surface area contributed by atoms with Gasteiger partial charge in [0.25, 0.3) is 0 Å². The standard InChI is InChI=1S/C9H20NO.CBF6/c1-9(2)10(8-11-3)6-4-5-7-10;3-1(4,5)2(6,7)8/h9H,4-8H2,1-3H3;/q+1;-1. The van der Waals surface area contributed by atoms with Gasteiger partial charge in [-0.3, -0.25) is 4.48 Å². The molecular formula is C10H20BF6NO. The summed E-state index contributed by atoms with van der Waals surface area (Å²) in [5.74, 6) is 0. The second kappa shape index (κ2) is 6.83.